The van der Waals surface area contributed by atoms with E-state index in [4.69, 9.17) is 9.47 Å². The molecule has 15 heavy (non-hydrogen) atoms. The largest absolute Gasteiger partial charge is 0.490 e. The third-order valence-electron chi connectivity index (χ3n) is 2.19. The van der Waals surface area contributed by atoms with Crippen LogP contribution in [0.5, 0.6) is 5.75 Å². The standard InChI is InChI=1S/C10H9Br3O2/c1-5-8(15-4-6-3-14-6)2-7(11)10(13)9(5)12/h2,6H,3-4H2,1H3. The van der Waals surface area contributed by atoms with E-state index in [1.165, 1.54) is 0 Å². The third kappa shape index (κ3) is 2.75. The van der Waals surface area contributed by atoms with Gasteiger partial charge in [0.05, 0.1) is 6.61 Å². The van der Waals surface area contributed by atoms with Gasteiger partial charge in [-0.05, 0) is 60.8 Å². The van der Waals surface area contributed by atoms with Crippen LogP contribution >= 0.6 is 47.8 Å². The van der Waals surface area contributed by atoms with E-state index in [9.17, 15) is 0 Å². The zero-order valence-electron chi connectivity index (χ0n) is 8.02. The number of epoxide rings is 1. The van der Waals surface area contributed by atoms with Crippen molar-refractivity contribution in [1.82, 2.24) is 0 Å². The predicted octanol–water partition coefficient (Wildman–Crippen LogP) is 4.06. The summed E-state index contributed by atoms with van der Waals surface area (Å²) in [5, 5.41) is 0. The number of hydrogen-bond acceptors (Lipinski definition) is 2. The third-order valence-corrected chi connectivity index (χ3v) is 5.69. The van der Waals surface area contributed by atoms with E-state index in [0.29, 0.717) is 6.61 Å². The van der Waals surface area contributed by atoms with Crippen molar-refractivity contribution in [3.05, 3.63) is 25.0 Å². The van der Waals surface area contributed by atoms with Gasteiger partial charge >= 0.3 is 0 Å². The van der Waals surface area contributed by atoms with Gasteiger partial charge in [-0.25, -0.2) is 0 Å². The Balaban J connectivity index is 2.21. The van der Waals surface area contributed by atoms with Gasteiger partial charge in [0.1, 0.15) is 18.5 Å². The molecule has 1 aliphatic rings. The Labute approximate surface area is 114 Å². The predicted molar refractivity (Wildman–Crippen MR) is 69.5 cm³/mol. The van der Waals surface area contributed by atoms with Crippen molar-refractivity contribution in [2.75, 3.05) is 13.2 Å². The van der Waals surface area contributed by atoms with Crippen LogP contribution in [0.25, 0.3) is 0 Å². The molecule has 0 bridgehead atoms. The molecule has 1 fully saturated rings. The fraction of sp³-hybridized carbons (Fsp3) is 0.400. The molecular weight excluding hydrogens is 392 g/mol. The highest BCUT2D eigenvalue weighted by molar-refractivity contribution is 9.14. The monoisotopic (exact) mass is 398 g/mol. The van der Waals surface area contributed by atoms with E-state index in [1.54, 1.807) is 0 Å². The molecule has 5 heteroatoms. The van der Waals surface area contributed by atoms with Crippen LogP contribution in [0.1, 0.15) is 5.56 Å². The van der Waals surface area contributed by atoms with Crippen LogP contribution in [0.3, 0.4) is 0 Å². The van der Waals surface area contributed by atoms with E-state index in [-0.39, 0.29) is 6.10 Å². The van der Waals surface area contributed by atoms with Crippen LogP contribution in [-0.4, -0.2) is 19.3 Å². The minimum Gasteiger partial charge on any atom is -0.490 e. The molecule has 0 saturated carbocycles. The van der Waals surface area contributed by atoms with Crippen LogP contribution in [0, 0.1) is 6.92 Å². The first-order chi connectivity index (χ1) is 7.09. The molecule has 0 spiro atoms. The molecule has 1 saturated heterocycles. The van der Waals surface area contributed by atoms with Gasteiger partial charge in [-0.3, -0.25) is 0 Å². The first kappa shape index (κ1) is 11.9. The van der Waals surface area contributed by atoms with Crippen LogP contribution in [0.4, 0.5) is 0 Å². The van der Waals surface area contributed by atoms with Crippen molar-refractivity contribution in [3.8, 4) is 5.75 Å². The van der Waals surface area contributed by atoms with Gasteiger partial charge in [0.2, 0.25) is 0 Å². The first-order valence-electron chi connectivity index (χ1n) is 4.48. The van der Waals surface area contributed by atoms with Crippen LogP contribution in [0.2, 0.25) is 0 Å². The van der Waals surface area contributed by atoms with Crippen LogP contribution < -0.4 is 4.74 Å². The average molecular weight is 401 g/mol. The highest BCUT2D eigenvalue weighted by Gasteiger charge is 2.23. The Hall–Kier alpha value is 0.420. The highest BCUT2D eigenvalue weighted by atomic mass is 79.9. The van der Waals surface area contributed by atoms with Gasteiger partial charge in [0.15, 0.2) is 0 Å². The molecule has 1 aromatic carbocycles. The SMILES string of the molecule is Cc1c(OCC2CO2)cc(Br)c(Br)c1Br. The minimum absolute atomic E-state index is 0.283. The summed E-state index contributed by atoms with van der Waals surface area (Å²) in [5.41, 5.74) is 1.09. The Bertz CT molecular complexity index is 389. The molecule has 1 atom stereocenters. The summed E-state index contributed by atoms with van der Waals surface area (Å²) in [7, 11) is 0. The summed E-state index contributed by atoms with van der Waals surface area (Å²) in [6.45, 7) is 3.46. The average Bonchev–Trinajstić information content (AvgIpc) is 3.02. The lowest BCUT2D eigenvalue weighted by atomic mass is 10.2. The smallest absolute Gasteiger partial charge is 0.124 e. The number of rotatable bonds is 3. The van der Waals surface area contributed by atoms with Gasteiger partial charge in [-0.2, -0.15) is 0 Å². The van der Waals surface area contributed by atoms with Gasteiger partial charge < -0.3 is 9.47 Å². The second-order valence-corrected chi connectivity index (χ2v) is 5.82. The van der Waals surface area contributed by atoms with Crippen molar-refractivity contribution in [3.63, 3.8) is 0 Å². The van der Waals surface area contributed by atoms with Crippen molar-refractivity contribution >= 4 is 47.8 Å². The van der Waals surface area contributed by atoms with E-state index in [1.807, 2.05) is 13.0 Å². The highest BCUT2D eigenvalue weighted by Crippen LogP contribution is 2.39. The second kappa shape index (κ2) is 4.73. The molecule has 1 aromatic rings. The topological polar surface area (TPSA) is 21.8 Å². The molecule has 0 aliphatic carbocycles. The van der Waals surface area contributed by atoms with Gasteiger partial charge in [0, 0.05) is 19.0 Å². The Morgan fingerprint density at radius 2 is 2.07 bits per heavy atom. The molecule has 1 unspecified atom stereocenters. The fourth-order valence-electron chi connectivity index (χ4n) is 1.16. The molecule has 1 aliphatic heterocycles. The first-order valence-corrected chi connectivity index (χ1v) is 6.86. The maximum atomic E-state index is 5.67. The summed E-state index contributed by atoms with van der Waals surface area (Å²) in [5.74, 6) is 0.882. The van der Waals surface area contributed by atoms with Crippen molar-refractivity contribution < 1.29 is 9.47 Å². The quantitative estimate of drug-likeness (QED) is 0.563. The normalized spacial score (nSPS) is 19.1. The van der Waals surface area contributed by atoms with E-state index >= 15 is 0 Å². The van der Waals surface area contributed by atoms with Gasteiger partial charge in [-0.1, -0.05) is 0 Å². The molecule has 1 heterocycles. The molecular formula is C10H9Br3O2. The fourth-order valence-corrected chi connectivity index (χ4v) is 2.65. The summed E-state index contributed by atoms with van der Waals surface area (Å²) >= 11 is 10.5. The van der Waals surface area contributed by atoms with E-state index in [2.05, 4.69) is 47.8 Å². The van der Waals surface area contributed by atoms with Crippen LogP contribution in [-0.2, 0) is 4.74 Å². The number of benzene rings is 1. The summed E-state index contributed by atoms with van der Waals surface area (Å²) in [6.07, 6.45) is 0.283. The minimum atomic E-state index is 0.283. The molecule has 2 rings (SSSR count). The Kier molecular flexibility index (Phi) is 3.75. The molecule has 82 valence electrons. The summed E-state index contributed by atoms with van der Waals surface area (Å²) in [4.78, 5) is 0. The lowest BCUT2D eigenvalue weighted by molar-refractivity contribution is 0.261. The molecule has 0 N–H and O–H groups in total. The van der Waals surface area contributed by atoms with E-state index in [0.717, 1.165) is 31.3 Å². The zero-order valence-corrected chi connectivity index (χ0v) is 12.8. The summed E-state index contributed by atoms with van der Waals surface area (Å²) < 4.78 is 13.8. The second-order valence-electron chi connectivity index (χ2n) is 3.38. The Morgan fingerprint density at radius 1 is 1.40 bits per heavy atom. The number of halogens is 3. The van der Waals surface area contributed by atoms with Gasteiger partial charge in [0.25, 0.3) is 0 Å². The molecule has 0 amide bonds. The maximum absolute atomic E-state index is 5.67. The molecule has 2 nitrogen and oxygen atoms in total. The van der Waals surface area contributed by atoms with Crippen molar-refractivity contribution in [2.45, 2.75) is 13.0 Å². The maximum Gasteiger partial charge on any atom is 0.124 e. The number of hydrogen-bond donors (Lipinski definition) is 0. The van der Waals surface area contributed by atoms with E-state index < -0.39 is 0 Å². The number of ether oxygens (including phenoxy) is 2. The lowest BCUT2D eigenvalue weighted by Gasteiger charge is -2.11. The van der Waals surface area contributed by atoms with Crippen LogP contribution in [0.15, 0.2) is 19.5 Å². The summed E-state index contributed by atoms with van der Waals surface area (Å²) in [6, 6.07) is 1.96. The zero-order chi connectivity index (χ0) is 11.0. The molecule has 0 aromatic heterocycles. The molecule has 0 radical (unpaired) electrons. The Morgan fingerprint density at radius 3 is 2.67 bits per heavy atom. The van der Waals surface area contributed by atoms with Gasteiger partial charge in [-0.15, -0.1) is 0 Å². The van der Waals surface area contributed by atoms with Crippen molar-refractivity contribution in [2.24, 2.45) is 0 Å². The lowest BCUT2D eigenvalue weighted by Crippen LogP contribution is -2.05. The van der Waals surface area contributed by atoms with Crippen molar-refractivity contribution in [1.29, 1.82) is 0 Å².